The molecular weight excluding hydrogens is 290 g/mol. The van der Waals surface area contributed by atoms with E-state index in [2.05, 4.69) is 0 Å². The Balaban J connectivity index is 2.15. The van der Waals surface area contributed by atoms with Crippen LogP contribution in [0.2, 0.25) is 0 Å². The third kappa shape index (κ3) is 3.29. The van der Waals surface area contributed by atoms with Crippen molar-refractivity contribution in [2.24, 2.45) is 7.05 Å². The number of aromatic nitrogens is 1. The van der Waals surface area contributed by atoms with Crippen molar-refractivity contribution in [3.05, 3.63) is 23.0 Å². The molecular formula is C14H23N3O3S. The Morgan fingerprint density at radius 2 is 1.81 bits per heavy atom. The molecule has 1 aromatic rings. The summed E-state index contributed by atoms with van der Waals surface area (Å²) >= 11 is 0. The molecule has 6 nitrogen and oxygen atoms in total. The van der Waals surface area contributed by atoms with E-state index in [1.54, 1.807) is 4.90 Å². The van der Waals surface area contributed by atoms with Gasteiger partial charge >= 0.3 is 0 Å². The Hall–Kier alpha value is -1.34. The number of aryl methyl sites for hydroxylation is 1. The molecule has 0 N–H and O–H groups in total. The smallest absolute Gasteiger partial charge is 0.255 e. The molecule has 2 rings (SSSR count). The molecule has 0 atom stereocenters. The van der Waals surface area contributed by atoms with Gasteiger partial charge in [0.05, 0.1) is 11.8 Å². The van der Waals surface area contributed by atoms with Gasteiger partial charge in [-0.15, -0.1) is 0 Å². The lowest BCUT2D eigenvalue weighted by Crippen LogP contribution is -2.37. The van der Waals surface area contributed by atoms with Gasteiger partial charge in [-0.05, 0) is 26.3 Å². The van der Waals surface area contributed by atoms with Gasteiger partial charge in [0.1, 0.15) is 0 Å². The molecule has 1 amide bonds. The standard InChI is InChI=1S/C14H23N3O3S/c1-11-10-13(12(2)15(11)3)14(18)16-6-5-7-17(9-8-16)21(4,19)20/h10H,5-9H2,1-4H3. The van der Waals surface area contributed by atoms with Crippen molar-refractivity contribution >= 4 is 15.9 Å². The van der Waals surface area contributed by atoms with Crippen molar-refractivity contribution in [3.63, 3.8) is 0 Å². The van der Waals surface area contributed by atoms with Crippen molar-refractivity contribution < 1.29 is 13.2 Å². The molecule has 1 aliphatic heterocycles. The lowest BCUT2D eigenvalue weighted by molar-refractivity contribution is 0.0763. The molecule has 1 aromatic heterocycles. The van der Waals surface area contributed by atoms with Gasteiger partial charge in [-0.2, -0.15) is 0 Å². The van der Waals surface area contributed by atoms with Crippen LogP contribution >= 0.6 is 0 Å². The average molecular weight is 313 g/mol. The quantitative estimate of drug-likeness (QED) is 0.809. The van der Waals surface area contributed by atoms with E-state index >= 15 is 0 Å². The summed E-state index contributed by atoms with van der Waals surface area (Å²) in [7, 11) is -1.24. The van der Waals surface area contributed by atoms with Gasteiger partial charge in [-0.3, -0.25) is 4.79 Å². The normalized spacial score (nSPS) is 17.8. The second-order valence-electron chi connectivity index (χ2n) is 5.65. The Labute approximate surface area is 126 Å². The highest BCUT2D eigenvalue weighted by molar-refractivity contribution is 7.88. The highest BCUT2D eigenvalue weighted by Crippen LogP contribution is 2.17. The zero-order chi connectivity index (χ0) is 15.8. The van der Waals surface area contributed by atoms with Crippen LogP contribution in [0, 0.1) is 13.8 Å². The zero-order valence-corrected chi connectivity index (χ0v) is 13.9. The van der Waals surface area contributed by atoms with Crippen LogP contribution in [0.4, 0.5) is 0 Å². The minimum Gasteiger partial charge on any atom is -0.351 e. The summed E-state index contributed by atoms with van der Waals surface area (Å²) in [6, 6.07) is 1.90. The fourth-order valence-corrected chi connectivity index (χ4v) is 3.54. The summed E-state index contributed by atoms with van der Waals surface area (Å²) in [4.78, 5) is 14.4. The van der Waals surface area contributed by atoms with Crippen molar-refractivity contribution in [1.82, 2.24) is 13.8 Å². The fourth-order valence-electron chi connectivity index (χ4n) is 2.67. The molecule has 7 heteroatoms. The van der Waals surface area contributed by atoms with Crippen molar-refractivity contribution in [2.75, 3.05) is 32.4 Å². The van der Waals surface area contributed by atoms with E-state index in [9.17, 15) is 13.2 Å². The van der Waals surface area contributed by atoms with E-state index in [4.69, 9.17) is 0 Å². The number of carbonyl (C=O) groups is 1. The topological polar surface area (TPSA) is 62.6 Å². The maximum atomic E-state index is 12.6. The van der Waals surface area contributed by atoms with E-state index in [0.717, 1.165) is 11.4 Å². The van der Waals surface area contributed by atoms with Crippen LogP contribution in [0.15, 0.2) is 6.07 Å². The summed E-state index contributed by atoms with van der Waals surface area (Å²) in [5.74, 6) is -0.00782. The van der Waals surface area contributed by atoms with Crippen LogP contribution in [-0.2, 0) is 17.1 Å². The lowest BCUT2D eigenvalue weighted by Gasteiger charge is -2.21. The largest absolute Gasteiger partial charge is 0.351 e. The number of hydrogen-bond acceptors (Lipinski definition) is 3. The third-order valence-electron chi connectivity index (χ3n) is 4.22. The second-order valence-corrected chi connectivity index (χ2v) is 7.63. The Bertz CT molecular complexity index is 649. The van der Waals surface area contributed by atoms with E-state index in [1.165, 1.54) is 10.6 Å². The van der Waals surface area contributed by atoms with Crippen LogP contribution < -0.4 is 0 Å². The van der Waals surface area contributed by atoms with E-state index in [1.807, 2.05) is 31.5 Å². The summed E-state index contributed by atoms with van der Waals surface area (Å²) in [6.07, 6.45) is 1.89. The van der Waals surface area contributed by atoms with Crippen LogP contribution in [0.25, 0.3) is 0 Å². The number of sulfonamides is 1. The number of nitrogens with zero attached hydrogens (tertiary/aromatic N) is 3. The van der Waals surface area contributed by atoms with Crippen LogP contribution in [0.5, 0.6) is 0 Å². The number of rotatable bonds is 2. The summed E-state index contributed by atoms with van der Waals surface area (Å²) < 4.78 is 26.7. The molecule has 0 unspecified atom stereocenters. The minimum absolute atomic E-state index is 0.00782. The highest BCUT2D eigenvalue weighted by Gasteiger charge is 2.26. The number of hydrogen-bond donors (Lipinski definition) is 0. The molecule has 0 bridgehead atoms. The number of carbonyl (C=O) groups excluding carboxylic acids is 1. The summed E-state index contributed by atoms with van der Waals surface area (Å²) in [6.45, 7) is 5.79. The monoisotopic (exact) mass is 313 g/mol. The lowest BCUT2D eigenvalue weighted by atomic mass is 10.2. The minimum atomic E-state index is -3.18. The highest BCUT2D eigenvalue weighted by atomic mass is 32.2. The molecule has 21 heavy (non-hydrogen) atoms. The Morgan fingerprint density at radius 3 is 2.33 bits per heavy atom. The molecule has 1 aliphatic rings. The predicted octanol–water partition coefficient (Wildman–Crippen LogP) is 0.749. The summed E-state index contributed by atoms with van der Waals surface area (Å²) in [5.41, 5.74) is 2.70. The van der Waals surface area contributed by atoms with Gasteiger partial charge in [-0.1, -0.05) is 0 Å². The average Bonchev–Trinajstić information content (AvgIpc) is 2.64. The maximum absolute atomic E-state index is 12.6. The first-order valence-electron chi connectivity index (χ1n) is 7.09. The van der Waals surface area contributed by atoms with Crippen LogP contribution in [0.3, 0.4) is 0 Å². The van der Waals surface area contributed by atoms with Crippen LogP contribution in [0.1, 0.15) is 28.2 Å². The Morgan fingerprint density at radius 1 is 1.14 bits per heavy atom. The van der Waals surface area contributed by atoms with E-state index in [0.29, 0.717) is 38.2 Å². The van der Waals surface area contributed by atoms with Gasteiger partial charge in [0, 0.05) is 44.6 Å². The first-order valence-corrected chi connectivity index (χ1v) is 8.94. The molecule has 1 fully saturated rings. The molecule has 1 saturated heterocycles. The van der Waals surface area contributed by atoms with E-state index in [-0.39, 0.29) is 5.91 Å². The van der Waals surface area contributed by atoms with Gasteiger partial charge in [0.15, 0.2) is 0 Å². The second kappa shape index (κ2) is 5.81. The van der Waals surface area contributed by atoms with Gasteiger partial charge < -0.3 is 9.47 Å². The fraction of sp³-hybridized carbons (Fsp3) is 0.643. The third-order valence-corrected chi connectivity index (χ3v) is 5.52. The molecule has 0 aromatic carbocycles. The molecule has 0 saturated carbocycles. The molecule has 0 spiro atoms. The maximum Gasteiger partial charge on any atom is 0.255 e. The van der Waals surface area contributed by atoms with Gasteiger partial charge in [0.25, 0.3) is 5.91 Å². The first-order chi connectivity index (χ1) is 9.71. The summed E-state index contributed by atoms with van der Waals surface area (Å²) in [5, 5.41) is 0. The molecule has 118 valence electrons. The van der Waals surface area contributed by atoms with Crippen molar-refractivity contribution in [1.29, 1.82) is 0 Å². The Kier molecular flexibility index (Phi) is 4.43. The first kappa shape index (κ1) is 16.0. The number of amides is 1. The zero-order valence-electron chi connectivity index (χ0n) is 13.1. The van der Waals surface area contributed by atoms with Crippen molar-refractivity contribution in [2.45, 2.75) is 20.3 Å². The van der Waals surface area contributed by atoms with Crippen LogP contribution in [-0.4, -0.2) is 60.5 Å². The SMILES string of the molecule is Cc1cc(C(=O)N2CCCN(S(C)(=O)=O)CC2)c(C)n1C. The predicted molar refractivity (Wildman–Crippen MR) is 81.8 cm³/mol. The van der Waals surface area contributed by atoms with Crippen molar-refractivity contribution in [3.8, 4) is 0 Å². The molecule has 0 radical (unpaired) electrons. The van der Waals surface area contributed by atoms with Gasteiger partial charge in [0.2, 0.25) is 10.0 Å². The molecule has 0 aliphatic carbocycles. The van der Waals surface area contributed by atoms with E-state index < -0.39 is 10.0 Å². The molecule has 2 heterocycles. The van der Waals surface area contributed by atoms with Gasteiger partial charge in [-0.25, -0.2) is 12.7 Å².